The lowest BCUT2D eigenvalue weighted by Gasteiger charge is -2.40. The molecule has 1 amide bonds. The highest BCUT2D eigenvalue weighted by atomic mass is 16.4. The van der Waals surface area contributed by atoms with Gasteiger partial charge in [-0.25, -0.2) is 0 Å². The molecule has 2 saturated heterocycles. The fourth-order valence-corrected chi connectivity index (χ4v) is 3.37. The highest BCUT2D eigenvalue weighted by molar-refractivity contribution is 5.82. The minimum absolute atomic E-state index is 0.244. The van der Waals surface area contributed by atoms with E-state index >= 15 is 0 Å². The van der Waals surface area contributed by atoms with Gasteiger partial charge < -0.3 is 15.3 Å². The normalized spacial score (nSPS) is 28.4. The third kappa shape index (κ3) is 3.72. The molecule has 2 aliphatic heterocycles. The van der Waals surface area contributed by atoms with Gasteiger partial charge in [-0.15, -0.1) is 0 Å². The van der Waals surface area contributed by atoms with Gasteiger partial charge >= 0.3 is 5.97 Å². The molecule has 0 aliphatic carbocycles. The van der Waals surface area contributed by atoms with Crippen LogP contribution in [0.3, 0.4) is 0 Å². The first-order valence-corrected chi connectivity index (χ1v) is 7.73. The van der Waals surface area contributed by atoms with Gasteiger partial charge in [-0.05, 0) is 51.5 Å². The van der Waals surface area contributed by atoms with Crippen LogP contribution in [0.4, 0.5) is 0 Å². The van der Waals surface area contributed by atoms with Crippen molar-refractivity contribution in [3.05, 3.63) is 0 Å². The number of carboxylic acid groups (broad SMARTS) is 1. The number of carbonyl (C=O) groups is 2. The second-order valence-electron chi connectivity index (χ2n) is 6.51. The third-order valence-electron chi connectivity index (χ3n) is 4.78. The van der Waals surface area contributed by atoms with E-state index in [2.05, 4.69) is 12.2 Å². The van der Waals surface area contributed by atoms with Gasteiger partial charge in [0, 0.05) is 26.1 Å². The number of aliphatic carboxylic acids is 1. The Labute approximate surface area is 120 Å². The molecule has 2 fully saturated rings. The summed E-state index contributed by atoms with van der Waals surface area (Å²) in [6, 6.07) is 0. The Kier molecular flexibility index (Phi) is 5.02. The molecular formula is C15H26N2O3. The van der Waals surface area contributed by atoms with Crippen LogP contribution in [0.15, 0.2) is 0 Å². The molecular weight excluding hydrogens is 256 g/mol. The van der Waals surface area contributed by atoms with Crippen molar-refractivity contribution in [2.75, 3.05) is 26.2 Å². The van der Waals surface area contributed by atoms with E-state index in [1.165, 1.54) is 0 Å². The molecule has 0 aromatic carbocycles. The van der Waals surface area contributed by atoms with Gasteiger partial charge in [0.1, 0.15) is 0 Å². The Morgan fingerprint density at radius 1 is 1.35 bits per heavy atom. The number of carbonyl (C=O) groups excluding carboxylic acids is 1. The van der Waals surface area contributed by atoms with Crippen molar-refractivity contribution in [2.45, 2.75) is 45.4 Å². The molecule has 114 valence electrons. The molecule has 20 heavy (non-hydrogen) atoms. The number of hydrogen-bond acceptors (Lipinski definition) is 3. The number of piperidine rings is 2. The molecule has 0 aromatic heterocycles. The fourth-order valence-electron chi connectivity index (χ4n) is 3.37. The molecule has 0 bridgehead atoms. The molecule has 1 unspecified atom stereocenters. The first-order valence-electron chi connectivity index (χ1n) is 7.73. The van der Waals surface area contributed by atoms with Gasteiger partial charge in [-0.3, -0.25) is 9.59 Å². The summed E-state index contributed by atoms with van der Waals surface area (Å²) in [6.07, 6.45) is 4.93. The van der Waals surface area contributed by atoms with Crippen LogP contribution >= 0.6 is 0 Å². The molecule has 0 radical (unpaired) electrons. The lowest BCUT2D eigenvalue weighted by Crippen LogP contribution is -2.52. The van der Waals surface area contributed by atoms with Gasteiger partial charge in [0.15, 0.2) is 0 Å². The zero-order valence-corrected chi connectivity index (χ0v) is 12.4. The average molecular weight is 282 g/mol. The van der Waals surface area contributed by atoms with Gasteiger partial charge in [0.05, 0.1) is 5.41 Å². The zero-order valence-electron chi connectivity index (χ0n) is 12.4. The predicted octanol–water partition coefficient (Wildman–Crippen LogP) is 1.48. The Morgan fingerprint density at radius 2 is 2.05 bits per heavy atom. The van der Waals surface area contributed by atoms with Crippen molar-refractivity contribution in [1.29, 1.82) is 0 Å². The fraction of sp³-hybridized carbons (Fsp3) is 0.867. The largest absolute Gasteiger partial charge is 0.481 e. The predicted molar refractivity (Wildman–Crippen MR) is 76.4 cm³/mol. The van der Waals surface area contributed by atoms with Crippen molar-refractivity contribution >= 4 is 11.9 Å². The number of amides is 1. The van der Waals surface area contributed by atoms with Gasteiger partial charge in [0.2, 0.25) is 5.91 Å². The quantitative estimate of drug-likeness (QED) is 0.819. The van der Waals surface area contributed by atoms with Crippen molar-refractivity contribution < 1.29 is 14.7 Å². The van der Waals surface area contributed by atoms with Crippen LogP contribution in [0.2, 0.25) is 0 Å². The zero-order chi connectivity index (χ0) is 14.6. The molecule has 1 atom stereocenters. The standard InChI is InChI=1S/C15H26N2O3/c1-15(7-2-8-16-11-15)14(20)17-9-5-12(6-10-17)3-4-13(18)19/h12,16H,2-11H2,1H3,(H,18,19). The van der Waals surface area contributed by atoms with Crippen LogP contribution in [0, 0.1) is 11.3 Å². The van der Waals surface area contributed by atoms with E-state index in [0.717, 1.165) is 58.3 Å². The number of hydrogen-bond donors (Lipinski definition) is 2. The van der Waals surface area contributed by atoms with Gasteiger partial charge in [-0.1, -0.05) is 0 Å². The summed E-state index contributed by atoms with van der Waals surface area (Å²) >= 11 is 0. The molecule has 5 nitrogen and oxygen atoms in total. The topological polar surface area (TPSA) is 69.6 Å². The molecule has 0 spiro atoms. The molecule has 2 aliphatic rings. The molecule has 2 N–H and O–H groups in total. The first kappa shape index (κ1) is 15.3. The number of likely N-dealkylation sites (tertiary alicyclic amines) is 1. The maximum absolute atomic E-state index is 12.6. The second-order valence-corrected chi connectivity index (χ2v) is 6.51. The van der Waals surface area contributed by atoms with Crippen molar-refractivity contribution in [3.8, 4) is 0 Å². The van der Waals surface area contributed by atoms with E-state index in [1.54, 1.807) is 0 Å². The van der Waals surface area contributed by atoms with E-state index in [-0.39, 0.29) is 17.7 Å². The van der Waals surface area contributed by atoms with Crippen molar-refractivity contribution in [3.63, 3.8) is 0 Å². The van der Waals surface area contributed by atoms with E-state index in [0.29, 0.717) is 5.92 Å². The summed E-state index contributed by atoms with van der Waals surface area (Å²) in [5.74, 6) is 0.0260. The maximum atomic E-state index is 12.6. The molecule has 5 heteroatoms. The van der Waals surface area contributed by atoms with Crippen LogP contribution in [0.25, 0.3) is 0 Å². The SMILES string of the molecule is CC1(C(=O)N2CCC(CCC(=O)O)CC2)CCCNC1. The van der Waals surface area contributed by atoms with Crippen LogP contribution < -0.4 is 5.32 Å². The highest BCUT2D eigenvalue weighted by Crippen LogP contribution is 2.30. The Morgan fingerprint density at radius 3 is 2.60 bits per heavy atom. The minimum Gasteiger partial charge on any atom is -0.481 e. The van der Waals surface area contributed by atoms with Crippen LogP contribution in [-0.4, -0.2) is 48.1 Å². The summed E-state index contributed by atoms with van der Waals surface area (Å²) < 4.78 is 0. The number of nitrogens with zero attached hydrogens (tertiary/aromatic N) is 1. The van der Waals surface area contributed by atoms with Gasteiger partial charge in [-0.2, -0.15) is 0 Å². The highest BCUT2D eigenvalue weighted by Gasteiger charge is 2.38. The summed E-state index contributed by atoms with van der Waals surface area (Å²) in [7, 11) is 0. The van der Waals surface area contributed by atoms with E-state index in [4.69, 9.17) is 5.11 Å². The molecule has 0 saturated carbocycles. The van der Waals surface area contributed by atoms with Crippen LogP contribution in [0.5, 0.6) is 0 Å². The third-order valence-corrected chi connectivity index (χ3v) is 4.78. The number of rotatable bonds is 4. The van der Waals surface area contributed by atoms with E-state index in [1.807, 2.05) is 4.90 Å². The minimum atomic E-state index is -0.718. The molecule has 2 rings (SSSR count). The summed E-state index contributed by atoms with van der Waals surface area (Å²) in [6.45, 7) is 5.44. The van der Waals surface area contributed by atoms with Crippen LogP contribution in [0.1, 0.15) is 45.4 Å². The van der Waals surface area contributed by atoms with E-state index < -0.39 is 5.97 Å². The lowest BCUT2D eigenvalue weighted by molar-refractivity contribution is -0.144. The summed E-state index contributed by atoms with van der Waals surface area (Å²) in [5.41, 5.74) is -0.244. The second kappa shape index (κ2) is 6.57. The number of nitrogens with one attached hydrogen (secondary N) is 1. The van der Waals surface area contributed by atoms with Gasteiger partial charge in [0.25, 0.3) is 0 Å². The smallest absolute Gasteiger partial charge is 0.303 e. The summed E-state index contributed by atoms with van der Waals surface area (Å²) in [4.78, 5) is 25.2. The van der Waals surface area contributed by atoms with Crippen LogP contribution in [-0.2, 0) is 9.59 Å². The van der Waals surface area contributed by atoms with Crippen molar-refractivity contribution in [1.82, 2.24) is 10.2 Å². The Hall–Kier alpha value is -1.10. The maximum Gasteiger partial charge on any atom is 0.303 e. The Bertz CT molecular complexity index is 356. The monoisotopic (exact) mass is 282 g/mol. The summed E-state index contributed by atoms with van der Waals surface area (Å²) in [5, 5.41) is 12.0. The molecule has 2 heterocycles. The Balaban J connectivity index is 1.81. The van der Waals surface area contributed by atoms with E-state index in [9.17, 15) is 9.59 Å². The number of carboxylic acids is 1. The first-order chi connectivity index (χ1) is 9.51. The molecule has 0 aromatic rings. The van der Waals surface area contributed by atoms with Crippen molar-refractivity contribution in [2.24, 2.45) is 11.3 Å². The average Bonchev–Trinajstić information content (AvgIpc) is 2.45. The lowest BCUT2D eigenvalue weighted by atomic mass is 9.80.